The van der Waals surface area contributed by atoms with Crippen LogP contribution in [0.25, 0.3) is 0 Å². The summed E-state index contributed by atoms with van der Waals surface area (Å²) < 4.78 is 5.62. The first kappa shape index (κ1) is 14.1. The van der Waals surface area contributed by atoms with Crippen LogP contribution >= 0.6 is 23.4 Å². The van der Waals surface area contributed by atoms with Gasteiger partial charge in [0.25, 0.3) is 0 Å². The van der Waals surface area contributed by atoms with Crippen molar-refractivity contribution in [2.45, 2.75) is 23.1 Å². The standard InChI is InChI=1S/C15H16ClNOS/c1-2-8-18-15-10-13(6-7-14(15)17)19-12-5-3-4-11(16)9-12/h3-7,9-10H,2,8,17H2,1H3. The Morgan fingerprint density at radius 2 is 1.95 bits per heavy atom. The van der Waals surface area contributed by atoms with E-state index in [1.165, 1.54) is 0 Å². The highest BCUT2D eigenvalue weighted by molar-refractivity contribution is 7.99. The molecule has 4 heteroatoms. The fourth-order valence-corrected chi connectivity index (χ4v) is 2.74. The molecule has 0 aliphatic carbocycles. The molecule has 2 rings (SSSR count). The molecule has 0 fully saturated rings. The number of anilines is 1. The van der Waals surface area contributed by atoms with Gasteiger partial charge < -0.3 is 10.5 Å². The molecule has 0 unspecified atom stereocenters. The largest absolute Gasteiger partial charge is 0.491 e. The third kappa shape index (κ3) is 4.08. The first-order valence-electron chi connectivity index (χ1n) is 6.15. The van der Waals surface area contributed by atoms with Gasteiger partial charge in [0.2, 0.25) is 0 Å². The minimum absolute atomic E-state index is 0.670. The van der Waals surface area contributed by atoms with Gasteiger partial charge in [-0.2, -0.15) is 0 Å². The summed E-state index contributed by atoms with van der Waals surface area (Å²) in [6.07, 6.45) is 0.963. The molecule has 0 aliphatic rings. The van der Waals surface area contributed by atoms with E-state index in [0.29, 0.717) is 12.3 Å². The van der Waals surface area contributed by atoms with Gasteiger partial charge in [0.15, 0.2) is 0 Å². The summed E-state index contributed by atoms with van der Waals surface area (Å²) in [4.78, 5) is 2.18. The number of hydrogen-bond acceptors (Lipinski definition) is 3. The Kier molecular flexibility index (Phi) is 5.00. The third-order valence-electron chi connectivity index (χ3n) is 2.48. The van der Waals surface area contributed by atoms with E-state index in [4.69, 9.17) is 22.1 Å². The monoisotopic (exact) mass is 293 g/mol. The predicted molar refractivity (Wildman–Crippen MR) is 82.2 cm³/mol. The molecule has 0 aliphatic heterocycles. The van der Waals surface area contributed by atoms with Crippen LogP contribution in [0.1, 0.15) is 13.3 Å². The molecule has 0 radical (unpaired) electrons. The molecule has 0 amide bonds. The van der Waals surface area contributed by atoms with Crippen LogP contribution in [-0.4, -0.2) is 6.61 Å². The topological polar surface area (TPSA) is 35.2 Å². The Bertz CT molecular complexity index is 560. The molecule has 0 bridgehead atoms. The Hall–Kier alpha value is -1.32. The first-order valence-corrected chi connectivity index (χ1v) is 7.34. The fraction of sp³-hybridized carbons (Fsp3) is 0.200. The molecule has 0 heterocycles. The summed E-state index contributed by atoms with van der Waals surface area (Å²) in [7, 11) is 0. The number of ether oxygens (including phenoxy) is 1. The third-order valence-corrected chi connectivity index (χ3v) is 3.69. The zero-order valence-electron chi connectivity index (χ0n) is 10.7. The van der Waals surface area contributed by atoms with E-state index in [0.717, 1.165) is 27.0 Å². The van der Waals surface area contributed by atoms with Crippen molar-refractivity contribution in [1.82, 2.24) is 0 Å². The van der Waals surface area contributed by atoms with E-state index in [1.807, 2.05) is 42.5 Å². The lowest BCUT2D eigenvalue weighted by molar-refractivity contribution is 0.318. The summed E-state index contributed by atoms with van der Waals surface area (Å²) in [6.45, 7) is 2.75. The highest BCUT2D eigenvalue weighted by Gasteiger charge is 2.04. The van der Waals surface area contributed by atoms with Crippen molar-refractivity contribution in [3.8, 4) is 5.75 Å². The van der Waals surface area contributed by atoms with E-state index >= 15 is 0 Å². The molecule has 2 N–H and O–H groups in total. The van der Waals surface area contributed by atoms with Crippen molar-refractivity contribution in [1.29, 1.82) is 0 Å². The van der Waals surface area contributed by atoms with Crippen LogP contribution in [0.4, 0.5) is 5.69 Å². The summed E-state index contributed by atoms with van der Waals surface area (Å²) >= 11 is 7.62. The predicted octanol–water partition coefficient (Wildman–Crippen LogP) is 4.86. The van der Waals surface area contributed by atoms with Gasteiger partial charge in [-0.25, -0.2) is 0 Å². The van der Waals surface area contributed by atoms with Gasteiger partial charge in [-0.05, 0) is 42.8 Å². The van der Waals surface area contributed by atoms with Crippen LogP contribution in [0.15, 0.2) is 52.3 Å². The summed E-state index contributed by atoms with van der Waals surface area (Å²) in [6, 6.07) is 13.6. The number of halogens is 1. The molecule has 0 saturated heterocycles. The van der Waals surface area contributed by atoms with Crippen LogP contribution in [0.3, 0.4) is 0 Å². The second kappa shape index (κ2) is 6.73. The average Bonchev–Trinajstić information content (AvgIpc) is 2.39. The second-order valence-corrected chi connectivity index (χ2v) is 5.69. The highest BCUT2D eigenvalue weighted by Crippen LogP contribution is 2.33. The number of benzene rings is 2. The molecule has 0 atom stereocenters. The van der Waals surface area contributed by atoms with Crippen molar-refractivity contribution in [3.63, 3.8) is 0 Å². The maximum Gasteiger partial charge on any atom is 0.143 e. The maximum absolute atomic E-state index is 5.98. The Morgan fingerprint density at radius 3 is 2.68 bits per heavy atom. The zero-order valence-corrected chi connectivity index (χ0v) is 12.3. The number of hydrogen-bond donors (Lipinski definition) is 1. The lowest BCUT2D eigenvalue weighted by atomic mass is 10.3. The smallest absolute Gasteiger partial charge is 0.143 e. The SMILES string of the molecule is CCCOc1cc(Sc2cccc(Cl)c2)ccc1N. The summed E-state index contributed by atoms with van der Waals surface area (Å²) in [5, 5.41) is 0.739. The van der Waals surface area contributed by atoms with Gasteiger partial charge in [0.05, 0.1) is 12.3 Å². The van der Waals surface area contributed by atoms with Crippen molar-refractivity contribution >= 4 is 29.1 Å². The molecule has 0 spiro atoms. The highest BCUT2D eigenvalue weighted by atomic mass is 35.5. The molecule has 0 aromatic heterocycles. The van der Waals surface area contributed by atoms with E-state index in [-0.39, 0.29) is 0 Å². The first-order chi connectivity index (χ1) is 9.19. The molecular weight excluding hydrogens is 278 g/mol. The van der Waals surface area contributed by atoms with Crippen molar-refractivity contribution in [2.24, 2.45) is 0 Å². The van der Waals surface area contributed by atoms with Gasteiger partial charge in [-0.15, -0.1) is 0 Å². The summed E-state index contributed by atoms with van der Waals surface area (Å²) in [5.74, 6) is 0.744. The van der Waals surface area contributed by atoms with Gasteiger partial charge in [-0.3, -0.25) is 0 Å². The van der Waals surface area contributed by atoms with Crippen LogP contribution in [0.2, 0.25) is 5.02 Å². The lowest BCUT2D eigenvalue weighted by Gasteiger charge is -2.10. The number of nitrogen functional groups attached to an aromatic ring is 1. The molecular formula is C15H16ClNOS. The van der Waals surface area contributed by atoms with Crippen LogP contribution < -0.4 is 10.5 Å². The van der Waals surface area contributed by atoms with E-state index in [1.54, 1.807) is 11.8 Å². The minimum Gasteiger partial charge on any atom is -0.491 e. The quantitative estimate of drug-likeness (QED) is 0.799. The van der Waals surface area contributed by atoms with E-state index in [9.17, 15) is 0 Å². The van der Waals surface area contributed by atoms with Crippen molar-refractivity contribution in [3.05, 3.63) is 47.5 Å². The van der Waals surface area contributed by atoms with Crippen molar-refractivity contribution in [2.75, 3.05) is 12.3 Å². The van der Waals surface area contributed by atoms with Crippen LogP contribution in [0.5, 0.6) is 5.75 Å². The maximum atomic E-state index is 5.98. The van der Waals surface area contributed by atoms with Crippen LogP contribution in [0, 0.1) is 0 Å². The molecule has 19 heavy (non-hydrogen) atoms. The van der Waals surface area contributed by atoms with E-state index < -0.39 is 0 Å². The normalized spacial score (nSPS) is 10.4. The number of nitrogens with two attached hydrogens (primary N) is 1. The average molecular weight is 294 g/mol. The molecule has 2 aromatic carbocycles. The van der Waals surface area contributed by atoms with Crippen LogP contribution in [-0.2, 0) is 0 Å². The Balaban J connectivity index is 2.16. The van der Waals surface area contributed by atoms with Crippen molar-refractivity contribution < 1.29 is 4.74 Å². The minimum atomic E-state index is 0.670. The van der Waals surface area contributed by atoms with E-state index in [2.05, 4.69) is 6.92 Å². The molecule has 2 aromatic rings. The lowest BCUT2D eigenvalue weighted by Crippen LogP contribution is -1.98. The summed E-state index contributed by atoms with van der Waals surface area (Å²) in [5.41, 5.74) is 6.56. The molecule has 100 valence electrons. The number of rotatable bonds is 5. The molecule has 2 nitrogen and oxygen atoms in total. The van der Waals surface area contributed by atoms with Gasteiger partial charge >= 0.3 is 0 Å². The Morgan fingerprint density at radius 1 is 1.16 bits per heavy atom. The van der Waals surface area contributed by atoms with Gasteiger partial charge in [-0.1, -0.05) is 36.4 Å². The fourth-order valence-electron chi connectivity index (χ4n) is 1.58. The zero-order chi connectivity index (χ0) is 13.7. The Labute approximate surface area is 122 Å². The molecule has 0 saturated carbocycles. The second-order valence-electron chi connectivity index (χ2n) is 4.11. The van der Waals surface area contributed by atoms with Gasteiger partial charge in [0.1, 0.15) is 5.75 Å². The van der Waals surface area contributed by atoms with Gasteiger partial charge in [0, 0.05) is 14.8 Å².